The molecule has 2 amide bonds. The molecule has 4 aromatic rings. The molecule has 37 heavy (non-hydrogen) atoms. The fourth-order valence-electron chi connectivity index (χ4n) is 3.45. The molecule has 0 aliphatic carbocycles. The minimum Gasteiger partial charge on any atom is -0.484 e. The van der Waals surface area contributed by atoms with Crippen molar-refractivity contribution in [2.75, 3.05) is 17.2 Å². The zero-order valence-corrected chi connectivity index (χ0v) is 20.5. The minimum absolute atomic E-state index is 0.128. The van der Waals surface area contributed by atoms with Crippen LogP contribution < -0.4 is 15.4 Å². The number of hydrogen-bond acceptors (Lipinski definition) is 5. The van der Waals surface area contributed by atoms with Crippen molar-refractivity contribution in [1.82, 2.24) is 0 Å². The maximum absolute atomic E-state index is 13.3. The molecule has 3 N–H and O–H groups in total. The van der Waals surface area contributed by atoms with Gasteiger partial charge in [-0.1, -0.05) is 54.6 Å². The Hall–Kier alpha value is -4.56. The van der Waals surface area contributed by atoms with Gasteiger partial charge in [-0.3, -0.25) is 9.59 Å². The summed E-state index contributed by atoms with van der Waals surface area (Å²) in [5, 5.41) is 14.2. The van der Waals surface area contributed by atoms with Crippen LogP contribution in [0.25, 0.3) is 0 Å². The van der Waals surface area contributed by atoms with Gasteiger partial charge >= 0.3 is 5.97 Å². The number of amides is 2. The zero-order valence-electron chi connectivity index (χ0n) is 19.7. The molecule has 4 aromatic carbocycles. The van der Waals surface area contributed by atoms with Crippen LogP contribution in [0.3, 0.4) is 0 Å². The van der Waals surface area contributed by atoms with E-state index in [0.717, 1.165) is 10.5 Å². The highest BCUT2D eigenvalue weighted by Gasteiger charge is 2.22. The van der Waals surface area contributed by atoms with Crippen molar-refractivity contribution in [2.45, 2.75) is 10.1 Å². The van der Waals surface area contributed by atoms with Gasteiger partial charge in [0, 0.05) is 16.3 Å². The summed E-state index contributed by atoms with van der Waals surface area (Å²) in [4.78, 5) is 37.5. The van der Waals surface area contributed by atoms with Crippen LogP contribution in [0.4, 0.5) is 11.4 Å². The SMILES string of the molecule is O=C(COc1ccccc1)Nc1cccc(SC(C(=O)Nc2ccc(C(=O)O)cc2)c2ccccc2)c1. The molecular formula is C29H24N2O5S. The van der Waals surface area contributed by atoms with Gasteiger partial charge in [0.15, 0.2) is 6.61 Å². The summed E-state index contributed by atoms with van der Waals surface area (Å²) in [5.74, 6) is -0.983. The number of anilines is 2. The first kappa shape index (κ1) is 25.5. The molecule has 1 atom stereocenters. The average molecular weight is 513 g/mol. The molecule has 4 rings (SSSR count). The van der Waals surface area contributed by atoms with Crippen LogP contribution in [0.2, 0.25) is 0 Å². The van der Waals surface area contributed by atoms with E-state index in [-0.39, 0.29) is 24.0 Å². The Morgan fingerprint density at radius 1 is 0.757 bits per heavy atom. The molecule has 0 saturated heterocycles. The van der Waals surface area contributed by atoms with Gasteiger partial charge in [-0.2, -0.15) is 0 Å². The number of rotatable bonds is 10. The minimum atomic E-state index is -1.03. The van der Waals surface area contributed by atoms with Gasteiger partial charge < -0.3 is 20.5 Å². The predicted molar refractivity (Wildman–Crippen MR) is 144 cm³/mol. The number of aromatic carboxylic acids is 1. The van der Waals surface area contributed by atoms with Crippen molar-refractivity contribution in [3.05, 3.63) is 120 Å². The number of carbonyl (C=O) groups is 3. The molecule has 0 aliphatic heterocycles. The fraction of sp³-hybridized carbons (Fsp3) is 0.0690. The third-order valence-electron chi connectivity index (χ3n) is 5.22. The Bertz CT molecular complexity index is 1360. The number of carbonyl (C=O) groups excluding carboxylic acids is 2. The molecule has 0 aromatic heterocycles. The number of hydrogen-bond donors (Lipinski definition) is 3. The number of nitrogens with one attached hydrogen (secondary N) is 2. The summed E-state index contributed by atoms with van der Waals surface area (Å²) in [6.07, 6.45) is 0. The largest absolute Gasteiger partial charge is 0.484 e. The third kappa shape index (κ3) is 7.46. The Balaban J connectivity index is 1.45. The van der Waals surface area contributed by atoms with E-state index in [1.54, 1.807) is 42.5 Å². The van der Waals surface area contributed by atoms with E-state index >= 15 is 0 Å². The molecule has 0 heterocycles. The van der Waals surface area contributed by atoms with Crippen LogP contribution in [-0.4, -0.2) is 29.5 Å². The Labute approximate surface area is 218 Å². The monoisotopic (exact) mass is 512 g/mol. The van der Waals surface area contributed by atoms with E-state index in [1.807, 2.05) is 54.6 Å². The highest BCUT2D eigenvalue weighted by atomic mass is 32.2. The number of carboxylic acids is 1. The summed E-state index contributed by atoms with van der Waals surface area (Å²) >= 11 is 1.34. The van der Waals surface area contributed by atoms with E-state index in [4.69, 9.17) is 9.84 Å². The highest BCUT2D eigenvalue weighted by molar-refractivity contribution is 8.00. The van der Waals surface area contributed by atoms with Gasteiger partial charge in [-0.05, 0) is 60.2 Å². The molecule has 0 spiro atoms. The molecule has 0 radical (unpaired) electrons. The van der Waals surface area contributed by atoms with Gasteiger partial charge in [0.1, 0.15) is 11.0 Å². The van der Waals surface area contributed by atoms with Gasteiger partial charge in [0.2, 0.25) is 5.91 Å². The lowest BCUT2D eigenvalue weighted by atomic mass is 10.1. The van der Waals surface area contributed by atoms with Crippen LogP contribution in [0.1, 0.15) is 21.2 Å². The molecule has 8 heteroatoms. The second-order valence-corrected chi connectivity index (χ2v) is 9.14. The molecule has 0 fully saturated rings. The second-order valence-electron chi connectivity index (χ2n) is 7.96. The lowest BCUT2D eigenvalue weighted by molar-refractivity contribution is -0.118. The Kier molecular flexibility index (Phi) is 8.57. The number of ether oxygens (including phenoxy) is 1. The van der Waals surface area contributed by atoms with Gasteiger partial charge in [0.05, 0.1) is 5.56 Å². The lowest BCUT2D eigenvalue weighted by Crippen LogP contribution is -2.20. The molecule has 0 saturated carbocycles. The van der Waals surface area contributed by atoms with E-state index in [1.165, 1.54) is 23.9 Å². The topological polar surface area (TPSA) is 105 Å². The highest BCUT2D eigenvalue weighted by Crippen LogP contribution is 2.37. The maximum Gasteiger partial charge on any atom is 0.335 e. The normalized spacial score (nSPS) is 11.2. The van der Waals surface area contributed by atoms with Gasteiger partial charge in [-0.15, -0.1) is 11.8 Å². The smallest absolute Gasteiger partial charge is 0.335 e. The average Bonchev–Trinajstić information content (AvgIpc) is 2.92. The molecule has 0 bridgehead atoms. The first-order valence-electron chi connectivity index (χ1n) is 11.4. The lowest BCUT2D eigenvalue weighted by Gasteiger charge is -2.18. The molecule has 186 valence electrons. The van der Waals surface area contributed by atoms with Crippen LogP contribution in [0.5, 0.6) is 5.75 Å². The summed E-state index contributed by atoms with van der Waals surface area (Å²) in [6, 6.07) is 31.7. The zero-order chi connectivity index (χ0) is 26.0. The van der Waals surface area contributed by atoms with Crippen LogP contribution in [0.15, 0.2) is 114 Å². The number of para-hydroxylation sites is 1. The maximum atomic E-state index is 13.3. The third-order valence-corrected chi connectivity index (χ3v) is 6.47. The van der Waals surface area contributed by atoms with Crippen molar-refractivity contribution >= 4 is 40.9 Å². The molecule has 1 unspecified atom stereocenters. The van der Waals surface area contributed by atoms with E-state index in [2.05, 4.69) is 10.6 Å². The Morgan fingerprint density at radius 3 is 2.11 bits per heavy atom. The predicted octanol–water partition coefficient (Wildman–Crippen LogP) is 5.87. The van der Waals surface area contributed by atoms with E-state index < -0.39 is 11.2 Å². The summed E-state index contributed by atoms with van der Waals surface area (Å²) in [5.41, 5.74) is 2.02. The van der Waals surface area contributed by atoms with Gasteiger partial charge in [-0.25, -0.2) is 4.79 Å². The number of thioether (sulfide) groups is 1. The number of benzene rings is 4. The summed E-state index contributed by atoms with van der Waals surface area (Å²) < 4.78 is 5.50. The van der Waals surface area contributed by atoms with Crippen LogP contribution in [-0.2, 0) is 9.59 Å². The fourth-order valence-corrected chi connectivity index (χ4v) is 4.53. The first-order valence-corrected chi connectivity index (χ1v) is 12.3. The van der Waals surface area contributed by atoms with Crippen molar-refractivity contribution in [1.29, 1.82) is 0 Å². The van der Waals surface area contributed by atoms with E-state index in [0.29, 0.717) is 17.1 Å². The first-order chi connectivity index (χ1) is 18.0. The molecule has 0 aliphatic rings. The van der Waals surface area contributed by atoms with Crippen LogP contribution in [0, 0.1) is 0 Å². The quantitative estimate of drug-likeness (QED) is 0.229. The van der Waals surface area contributed by atoms with Gasteiger partial charge in [0.25, 0.3) is 5.91 Å². The van der Waals surface area contributed by atoms with Crippen molar-refractivity contribution in [3.8, 4) is 5.75 Å². The standard InChI is InChI=1S/C29H24N2O5S/c32-26(19-36-24-11-5-2-6-12-24)30-23-10-7-13-25(18-23)37-27(20-8-3-1-4-9-20)28(33)31-22-16-14-21(15-17-22)29(34)35/h1-18,27H,19H2,(H,30,32)(H,31,33)(H,34,35). The van der Waals surface area contributed by atoms with Crippen LogP contribution >= 0.6 is 11.8 Å². The van der Waals surface area contributed by atoms with Crippen molar-refractivity contribution in [2.24, 2.45) is 0 Å². The molecular weight excluding hydrogens is 488 g/mol. The van der Waals surface area contributed by atoms with Crippen molar-refractivity contribution in [3.63, 3.8) is 0 Å². The summed E-state index contributed by atoms with van der Waals surface area (Å²) in [7, 11) is 0. The Morgan fingerprint density at radius 2 is 1.43 bits per heavy atom. The number of carboxylic acid groups (broad SMARTS) is 1. The second kappa shape index (κ2) is 12.4. The van der Waals surface area contributed by atoms with Crippen molar-refractivity contribution < 1.29 is 24.2 Å². The molecule has 7 nitrogen and oxygen atoms in total. The van der Waals surface area contributed by atoms with E-state index in [9.17, 15) is 14.4 Å². The summed E-state index contributed by atoms with van der Waals surface area (Å²) in [6.45, 7) is -0.128.